The molecule has 2 aromatic heterocycles. The molecule has 78 valence electrons. The average Bonchev–Trinajstić information content (AvgIpc) is 2.44. The van der Waals surface area contributed by atoms with E-state index in [-0.39, 0.29) is 24.8 Å². The van der Waals surface area contributed by atoms with Gasteiger partial charge in [0.2, 0.25) is 0 Å². The van der Waals surface area contributed by atoms with Crippen molar-refractivity contribution < 1.29 is 0 Å². The Bertz CT molecular complexity index is 411. The zero-order valence-corrected chi connectivity index (χ0v) is 9.44. The molecule has 0 fully saturated rings. The van der Waals surface area contributed by atoms with Crippen LogP contribution in [-0.2, 0) is 13.6 Å². The molecule has 5 heteroatoms. The Kier molecular flexibility index (Phi) is 4.91. The number of nitrogens with two attached hydrogens (primary N) is 1. The molecule has 0 aromatic carbocycles. The topological polar surface area (TPSA) is 43.8 Å². The van der Waals surface area contributed by atoms with Crippen LogP contribution in [0.15, 0.2) is 24.5 Å². The second-order valence-electron chi connectivity index (χ2n) is 2.83. The molecule has 0 amide bonds. The van der Waals surface area contributed by atoms with Gasteiger partial charge in [0.15, 0.2) is 0 Å². The third kappa shape index (κ3) is 2.00. The Morgan fingerprint density at radius 2 is 2.14 bits per heavy atom. The summed E-state index contributed by atoms with van der Waals surface area (Å²) in [7, 11) is 2.02. The fourth-order valence-electron chi connectivity index (χ4n) is 1.44. The number of aryl methyl sites for hydroxylation is 1. The van der Waals surface area contributed by atoms with Crippen LogP contribution in [-0.4, -0.2) is 9.55 Å². The monoisotopic (exact) mass is 233 g/mol. The van der Waals surface area contributed by atoms with E-state index in [0.717, 1.165) is 11.1 Å². The highest BCUT2D eigenvalue weighted by atomic mass is 35.5. The highest BCUT2D eigenvalue weighted by Crippen LogP contribution is 2.16. The first-order valence-electron chi connectivity index (χ1n) is 3.91. The van der Waals surface area contributed by atoms with Crippen molar-refractivity contribution in [1.29, 1.82) is 0 Å². The minimum Gasteiger partial charge on any atom is -0.346 e. The fourth-order valence-corrected chi connectivity index (χ4v) is 1.44. The number of hydrogen-bond donors (Lipinski definition) is 1. The number of hydrogen-bond acceptors (Lipinski definition) is 2. The second kappa shape index (κ2) is 5.20. The largest absolute Gasteiger partial charge is 0.346 e. The van der Waals surface area contributed by atoms with Crippen molar-refractivity contribution in [2.45, 2.75) is 6.54 Å². The molecule has 0 radical (unpaired) electrons. The zero-order valence-electron chi connectivity index (χ0n) is 7.80. The van der Waals surface area contributed by atoms with Gasteiger partial charge in [0.1, 0.15) is 0 Å². The van der Waals surface area contributed by atoms with Gasteiger partial charge < -0.3 is 10.3 Å². The molecule has 14 heavy (non-hydrogen) atoms. The maximum absolute atomic E-state index is 5.57. The maximum Gasteiger partial charge on any atom is 0.0511 e. The number of fused-ring (bicyclic) bond motifs is 1. The van der Waals surface area contributed by atoms with Gasteiger partial charge in [-0.2, -0.15) is 0 Å². The van der Waals surface area contributed by atoms with E-state index in [1.54, 1.807) is 6.20 Å². The van der Waals surface area contributed by atoms with Gasteiger partial charge in [-0.1, -0.05) is 0 Å². The van der Waals surface area contributed by atoms with Gasteiger partial charge in [-0.25, -0.2) is 0 Å². The van der Waals surface area contributed by atoms with E-state index in [2.05, 4.69) is 15.6 Å². The first-order valence-corrected chi connectivity index (χ1v) is 3.91. The van der Waals surface area contributed by atoms with Crippen LogP contribution in [0.3, 0.4) is 0 Å². The molecule has 2 rings (SSSR count). The molecule has 0 bridgehead atoms. The van der Waals surface area contributed by atoms with Crippen molar-refractivity contribution >= 4 is 35.7 Å². The van der Waals surface area contributed by atoms with Crippen LogP contribution in [0.5, 0.6) is 0 Å². The van der Waals surface area contributed by atoms with Gasteiger partial charge in [0.25, 0.3) is 0 Å². The van der Waals surface area contributed by atoms with E-state index in [1.165, 1.54) is 5.52 Å². The molecule has 3 nitrogen and oxygen atoms in total. The van der Waals surface area contributed by atoms with Gasteiger partial charge in [-0.3, -0.25) is 4.98 Å². The summed E-state index contributed by atoms with van der Waals surface area (Å²) >= 11 is 0. The second-order valence-corrected chi connectivity index (χ2v) is 2.83. The number of halogens is 2. The van der Waals surface area contributed by atoms with E-state index in [1.807, 2.05) is 19.3 Å². The third-order valence-electron chi connectivity index (χ3n) is 2.15. The molecular formula is C9H13Cl2N3. The molecule has 0 aliphatic rings. The number of pyridine rings is 1. The predicted octanol–water partition coefficient (Wildman–Crippen LogP) is 1.88. The van der Waals surface area contributed by atoms with Crippen LogP contribution in [0.2, 0.25) is 0 Å². The van der Waals surface area contributed by atoms with Crippen LogP contribution in [0.4, 0.5) is 0 Å². The van der Waals surface area contributed by atoms with Crippen molar-refractivity contribution in [2.24, 2.45) is 12.8 Å². The summed E-state index contributed by atoms with van der Waals surface area (Å²) in [6.07, 6.45) is 3.65. The van der Waals surface area contributed by atoms with E-state index in [0.29, 0.717) is 6.54 Å². The fraction of sp³-hybridized carbons (Fsp3) is 0.222. The normalized spacial score (nSPS) is 9.29. The summed E-state index contributed by atoms with van der Waals surface area (Å²) in [5.74, 6) is 0. The van der Waals surface area contributed by atoms with E-state index >= 15 is 0 Å². The average molecular weight is 234 g/mol. The lowest BCUT2D eigenvalue weighted by molar-refractivity contribution is 0.849. The van der Waals surface area contributed by atoms with Crippen LogP contribution in [0, 0.1) is 0 Å². The van der Waals surface area contributed by atoms with Gasteiger partial charge in [-0.05, 0) is 12.1 Å². The van der Waals surface area contributed by atoms with Crippen LogP contribution in [0.25, 0.3) is 10.9 Å². The summed E-state index contributed by atoms with van der Waals surface area (Å²) in [5.41, 5.74) is 7.90. The lowest BCUT2D eigenvalue weighted by Gasteiger charge is -1.99. The SMILES string of the molecule is Cl.Cl.Cn1c(CN)cc2cnccc21. The zero-order chi connectivity index (χ0) is 8.55. The quantitative estimate of drug-likeness (QED) is 0.818. The number of rotatable bonds is 1. The van der Waals surface area contributed by atoms with Crippen molar-refractivity contribution in [1.82, 2.24) is 9.55 Å². The number of aromatic nitrogens is 2. The van der Waals surface area contributed by atoms with Crippen LogP contribution >= 0.6 is 24.8 Å². The molecule has 0 saturated heterocycles. The Labute approximate surface area is 95.1 Å². The van der Waals surface area contributed by atoms with Gasteiger partial charge in [0.05, 0.1) is 5.52 Å². The Hall–Kier alpha value is -0.770. The smallest absolute Gasteiger partial charge is 0.0511 e. The molecule has 0 aliphatic heterocycles. The molecule has 0 atom stereocenters. The van der Waals surface area contributed by atoms with Gasteiger partial charge in [0, 0.05) is 37.1 Å². The Morgan fingerprint density at radius 1 is 1.43 bits per heavy atom. The van der Waals surface area contributed by atoms with Gasteiger partial charge >= 0.3 is 0 Å². The molecular weight excluding hydrogens is 221 g/mol. The first kappa shape index (κ1) is 13.2. The summed E-state index contributed by atoms with van der Waals surface area (Å²) in [6.45, 7) is 0.575. The lowest BCUT2D eigenvalue weighted by Crippen LogP contribution is -2.02. The lowest BCUT2D eigenvalue weighted by atomic mass is 10.3. The molecule has 2 heterocycles. The molecule has 0 unspecified atom stereocenters. The third-order valence-corrected chi connectivity index (χ3v) is 2.15. The van der Waals surface area contributed by atoms with Crippen LogP contribution < -0.4 is 5.73 Å². The molecule has 0 saturated carbocycles. The van der Waals surface area contributed by atoms with Crippen molar-refractivity contribution in [2.75, 3.05) is 0 Å². The van der Waals surface area contributed by atoms with Gasteiger partial charge in [-0.15, -0.1) is 24.8 Å². The van der Waals surface area contributed by atoms with Crippen molar-refractivity contribution in [3.63, 3.8) is 0 Å². The first-order chi connectivity index (χ1) is 5.83. The summed E-state index contributed by atoms with van der Waals surface area (Å²) in [5, 5.41) is 1.15. The van der Waals surface area contributed by atoms with E-state index in [9.17, 15) is 0 Å². The van der Waals surface area contributed by atoms with E-state index in [4.69, 9.17) is 5.73 Å². The predicted molar refractivity (Wildman–Crippen MR) is 63.1 cm³/mol. The highest BCUT2D eigenvalue weighted by Gasteiger charge is 2.02. The Balaban J connectivity index is 0.000000845. The van der Waals surface area contributed by atoms with Crippen molar-refractivity contribution in [3.05, 3.63) is 30.2 Å². The minimum atomic E-state index is 0. The molecule has 0 aliphatic carbocycles. The van der Waals surface area contributed by atoms with Crippen LogP contribution in [0.1, 0.15) is 5.69 Å². The summed E-state index contributed by atoms with van der Waals surface area (Å²) in [6, 6.07) is 4.07. The molecule has 0 spiro atoms. The summed E-state index contributed by atoms with van der Waals surface area (Å²) in [4.78, 5) is 4.05. The highest BCUT2D eigenvalue weighted by molar-refractivity contribution is 5.85. The standard InChI is InChI=1S/C9H11N3.2ClH/c1-12-8(5-10)4-7-6-11-3-2-9(7)12;;/h2-4,6H,5,10H2,1H3;2*1H. The van der Waals surface area contributed by atoms with E-state index < -0.39 is 0 Å². The molecule has 2 N–H and O–H groups in total. The Morgan fingerprint density at radius 3 is 2.71 bits per heavy atom. The summed E-state index contributed by atoms with van der Waals surface area (Å²) < 4.78 is 2.09. The van der Waals surface area contributed by atoms with Crippen molar-refractivity contribution in [3.8, 4) is 0 Å². The molecule has 2 aromatic rings. The minimum absolute atomic E-state index is 0. The maximum atomic E-state index is 5.57. The number of nitrogens with zero attached hydrogens (tertiary/aromatic N) is 2.